The molecule has 2 rings (SSSR count). The van der Waals surface area contributed by atoms with Crippen molar-refractivity contribution in [3.05, 3.63) is 41.5 Å². The Bertz CT molecular complexity index is 506. The second-order valence-electron chi connectivity index (χ2n) is 4.49. The summed E-state index contributed by atoms with van der Waals surface area (Å²) >= 11 is 0. The molecule has 0 aliphatic heterocycles. The summed E-state index contributed by atoms with van der Waals surface area (Å²) < 4.78 is 10.7. The number of aromatic nitrogens is 2. The van der Waals surface area contributed by atoms with Gasteiger partial charge in [-0.3, -0.25) is 0 Å². The Kier molecular flexibility index (Phi) is 3.97. The molecule has 0 saturated heterocycles. The van der Waals surface area contributed by atoms with E-state index in [2.05, 4.69) is 23.1 Å². The smallest absolute Gasteiger partial charge is 0.264 e. The van der Waals surface area contributed by atoms with Crippen LogP contribution in [0.4, 0.5) is 0 Å². The topological polar surface area (TPSA) is 48.2 Å². The highest BCUT2D eigenvalue weighted by atomic mass is 16.5. The van der Waals surface area contributed by atoms with Crippen molar-refractivity contribution in [1.29, 1.82) is 0 Å². The van der Waals surface area contributed by atoms with E-state index in [0.29, 0.717) is 12.5 Å². The molecule has 0 bridgehead atoms. The highest BCUT2D eigenvalue weighted by Gasteiger charge is 2.09. The highest BCUT2D eigenvalue weighted by molar-refractivity contribution is 5.28. The minimum Gasteiger partial charge on any atom is -0.484 e. The van der Waals surface area contributed by atoms with Gasteiger partial charge < -0.3 is 9.26 Å². The van der Waals surface area contributed by atoms with Crippen LogP contribution in [0.5, 0.6) is 5.75 Å². The predicted molar refractivity (Wildman–Crippen MR) is 68.5 cm³/mol. The van der Waals surface area contributed by atoms with E-state index in [1.807, 2.05) is 32.0 Å². The molecule has 0 aliphatic rings. The monoisotopic (exact) mass is 246 g/mol. The van der Waals surface area contributed by atoms with Crippen LogP contribution in [0.25, 0.3) is 0 Å². The Hall–Kier alpha value is -1.84. The van der Waals surface area contributed by atoms with Crippen molar-refractivity contribution in [1.82, 2.24) is 10.1 Å². The van der Waals surface area contributed by atoms with Crippen molar-refractivity contribution in [3.8, 4) is 5.75 Å². The summed E-state index contributed by atoms with van der Waals surface area (Å²) in [6, 6.07) is 8.02. The molecule has 0 amide bonds. The molecular weight excluding hydrogens is 228 g/mol. The standard InChI is InChI=1S/C14H18N2O2/c1-4-11-6-5-7-12(8-11)17-9-13-15-14(10(2)3)16-18-13/h5-8,10H,4,9H2,1-3H3. The SMILES string of the molecule is CCc1cccc(OCc2nc(C(C)C)no2)c1. The molecule has 4 heteroatoms. The molecule has 0 N–H and O–H groups in total. The summed E-state index contributed by atoms with van der Waals surface area (Å²) in [5, 5.41) is 3.90. The minimum atomic E-state index is 0.269. The van der Waals surface area contributed by atoms with Crippen LogP contribution in [0, 0.1) is 0 Å². The second kappa shape index (κ2) is 5.67. The van der Waals surface area contributed by atoms with Crippen molar-refractivity contribution in [3.63, 3.8) is 0 Å². The minimum absolute atomic E-state index is 0.269. The van der Waals surface area contributed by atoms with E-state index in [9.17, 15) is 0 Å². The molecule has 2 aromatic rings. The number of aryl methyl sites for hydroxylation is 1. The van der Waals surface area contributed by atoms with Gasteiger partial charge in [-0.25, -0.2) is 0 Å². The normalized spacial score (nSPS) is 10.9. The van der Waals surface area contributed by atoms with Crippen LogP contribution in [-0.2, 0) is 13.0 Å². The molecule has 0 atom stereocenters. The van der Waals surface area contributed by atoms with E-state index in [1.54, 1.807) is 0 Å². The zero-order valence-electron chi connectivity index (χ0n) is 11.0. The van der Waals surface area contributed by atoms with E-state index in [4.69, 9.17) is 9.26 Å². The van der Waals surface area contributed by atoms with Crippen LogP contribution < -0.4 is 4.74 Å². The van der Waals surface area contributed by atoms with Gasteiger partial charge in [-0.15, -0.1) is 0 Å². The largest absolute Gasteiger partial charge is 0.484 e. The first-order valence-corrected chi connectivity index (χ1v) is 6.23. The number of hydrogen-bond acceptors (Lipinski definition) is 4. The van der Waals surface area contributed by atoms with Crippen LogP contribution in [-0.4, -0.2) is 10.1 Å². The van der Waals surface area contributed by atoms with Gasteiger partial charge in [0.15, 0.2) is 12.4 Å². The molecule has 0 radical (unpaired) electrons. The van der Waals surface area contributed by atoms with Crippen LogP contribution in [0.15, 0.2) is 28.8 Å². The van der Waals surface area contributed by atoms with Gasteiger partial charge in [0.1, 0.15) is 5.75 Å². The number of rotatable bonds is 5. The Labute approximate surface area is 107 Å². The number of nitrogens with zero attached hydrogens (tertiary/aromatic N) is 2. The third-order valence-corrected chi connectivity index (χ3v) is 2.67. The van der Waals surface area contributed by atoms with Crippen LogP contribution in [0.1, 0.15) is 44.0 Å². The van der Waals surface area contributed by atoms with Gasteiger partial charge in [0.2, 0.25) is 0 Å². The van der Waals surface area contributed by atoms with Gasteiger partial charge in [0, 0.05) is 5.92 Å². The van der Waals surface area contributed by atoms with Crippen LogP contribution in [0.2, 0.25) is 0 Å². The Morgan fingerprint density at radius 3 is 2.83 bits per heavy atom. The van der Waals surface area contributed by atoms with Gasteiger partial charge in [-0.2, -0.15) is 4.98 Å². The first-order chi connectivity index (χ1) is 8.69. The highest BCUT2D eigenvalue weighted by Crippen LogP contribution is 2.16. The summed E-state index contributed by atoms with van der Waals surface area (Å²) in [4.78, 5) is 4.26. The zero-order valence-corrected chi connectivity index (χ0v) is 11.0. The summed E-state index contributed by atoms with van der Waals surface area (Å²) in [5.41, 5.74) is 1.25. The molecule has 1 heterocycles. The number of hydrogen-bond donors (Lipinski definition) is 0. The van der Waals surface area contributed by atoms with Gasteiger partial charge in [-0.05, 0) is 24.1 Å². The molecule has 18 heavy (non-hydrogen) atoms. The van der Waals surface area contributed by atoms with Gasteiger partial charge >= 0.3 is 0 Å². The van der Waals surface area contributed by atoms with Crippen molar-refractivity contribution < 1.29 is 9.26 Å². The molecule has 1 aromatic carbocycles. The van der Waals surface area contributed by atoms with Crippen LogP contribution in [0.3, 0.4) is 0 Å². The van der Waals surface area contributed by atoms with Gasteiger partial charge in [0.05, 0.1) is 0 Å². The number of benzene rings is 1. The lowest BCUT2D eigenvalue weighted by molar-refractivity contribution is 0.242. The van der Waals surface area contributed by atoms with Crippen molar-refractivity contribution in [2.24, 2.45) is 0 Å². The molecule has 0 spiro atoms. The summed E-state index contributed by atoms with van der Waals surface area (Å²) in [5.74, 6) is 2.33. The van der Waals surface area contributed by atoms with E-state index >= 15 is 0 Å². The molecule has 96 valence electrons. The molecular formula is C14H18N2O2. The predicted octanol–water partition coefficient (Wildman–Crippen LogP) is 3.33. The van der Waals surface area contributed by atoms with E-state index < -0.39 is 0 Å². The fraction of sp³-hybridized carbons (Fsp3) is 0.429. The van der Waals surface area contributed by atoms with Crippen molar-refractivity contribution in [2.45, 2.75) is 39.7 Å². The molecule has 0 fully saturated rings. The lowest BCUT2D eigenvalue weighted by Crippen LogP contribution is -1.97. The average Bonchev–Trinajstić information content (AvgIpc) is 2.85. The first-order valence-electron chi connectivity index (χ1n) is 6.23. The maximum absolute atomic E-state index is 5.63. The third-order valence-electron chi connectivity index (χ3n) is 2.67. The fourth-order valence-corrected chi connectivity index (χ4v) is 1.56. The summed E-state index contributed by atoms with van der Waals surface area (Å²) in [7, 11) is 0. The lowest BCUT2D eigenvalue weighted by Gasteiger charge is -2.04. The Balaban J connectivity index is 1.97. The first kappa shape index (κ1) is 12.6. The summed E-state index contributed by atoms with van der Waals surface area (Å²) in [6.45, 7) is 6.49. The maximum Gasteiger partial charge on any atom is 0.264 e. The average molecular weight is 246 g/mol. The quantitative estimate of drug-likeness (QED) is 0.811. The van der Waals surface area contributed by atoms with E-state index in [-0.39, 0.29) is 5.92 Å². The Morgan fingerprint density at radius 2 is 2.17 bits per heavy atom. The maximum atomic E-state index is 5.63. The van der Waals surface area contributed by atoms with Crippen molar-refractivity contribution >= 4 is 0 Å². The number of ether oxygens (including phenoxy) is 1. The van der Waals surface area contributed by atoms with Gasteiger partial charge in [0.25, 0.3) is 5.89 Å². The fourth-order valence-electron chi connectivity index (χ4n) is 1.56. The third kappa shape index (κ3) is 3.09. The van der Waals surface area contributed by atoms with E-state index in [1.165, 1.54) is 5.56 Å². The zero-order chi connectivity index (χ0) is 13.0. The lowest BCUT2D eigenvalue weighted by atomic mass is 10.2. The second-order valence-corrected chi connectivity index (χ2v) is 4.49. The van der Waals surface area contributed by atoms with Gasteiger partial charge in [-0.1, -0.05) is 38.1 Å². The molecule has 4 nitrogen and oxygen atoms in total. The Morgan fingerprint density at radius 1 is 1.33 bits per heavy atom. The molecule has 1 aromatic heterocycles. The van der Waals surface area contributed by atoms with Crippen molar-refractivity contribution in [2.75, 3.05) is 0 Å². The molecule has 0 aliphatic carbocycles. The summed E-state index contributed by atoms with van der Waals surface area (Å²) in [6.07, 6.45) is 0.995. The molecule has 0 saturated carbocycles. The van der Waals surface area contributed by atoms with E-state index in [0.717, 1.165) is 18.0 Å². The van der Waals surface area contributed by atoms with Crippen LogP contribution >= 0.6 is 0 Å². The molecule has 0 unspecified atom stereocenters.